The van der Waals surface area contributed by atoms with Gasteiger partial charge < -0.3 is 30.3 Å². The summed E-state index contributed by atoms with van der Waals surface area (Å²) < 4.78 is 10.6. The lowest BCUT2D eigenvalue weighted by Gasteiger charge is -2.20. The van der Waals surface area contributed by atoms with Gasteiger partial charge >= 0.3 is 6.16 Å². The molecule has 0 radical (unpaired) electrons. The van der Waals surface area contributed by atoms with E-state index in [1.54, 1.807) is 14.2 Å². The summed E-state index contributed by atoms with van der Waals surface area (Å²) in [4.78, 5) is 35.2. The van der Waals surface area contributed by atoms with Crippen LogP contribution in [0.5, 0.6) is 11.5 Å². The monoisotopic (exact) mass is 492 g/mol. The maximum Gasteiger partial charge on any atom is 0.503 e. The molecule has 1 saturated carbocycles. The van der Waals surface area contributed by atoms with Crippen LogP contribution in [0, 0.1) is 5.92 Å². The number of carbonyl (C=O) groups excluding carboxylic acids is 2. The van der Waals surface area contributed by atoms with E-state index in [1.807, 2.05) is 31.2 Å². The normalized spacial score (nSPS) is 13.3. The zero-order chi connectivity index (χ0) is 25.1. The number of amides is 2. The van der Waals surface area contributed by atoms with Gasteiger partial charge in [0.1, 0.15) is 5.00 Å². The molecule has 0 unspecified atom stereocenters. The van der Waals surface area contributed by atoms with Crippen LogP contribution in [0.3, 0.4) is 0 Å². The molecule has 1 aliphatic carbocycles. The number of carbonyl (C=O) groups is 3. The van der Waals surface area contributed by atoms with Crippen molar-refractivity contribution in [3.05, 3.63) is 40.3 Å². The second kappa shape index (κ2) is 13.4. The molecule has 0 spiro atoms. The first-order valence-corrected chi connectivity index (χ1v) is 11.9. The van der Waals surface area contributed by atoms with Crippen LogP contribution in [0.1, 0.15) is 59.8 Å². The van der Waals surface area contributed by atoms with Crippen molar-refractivity contribution in [2.45, 2.75) is 52.0 Å². The highest BCUT2D eigenvalue weighted by Crippen LogP contribution is 2.32. The molecule has 0 saturated heterocycles. The summed E-state index contributed by atoms with van der Waals surface area (Å²) in [7, 11) is 3.17. The Hall–Kier alpha value is -3.27. The number of anilines is 1. The Labute approximate surface area is 203 Å². The van der Waals surface area contributed by atoms with Gasteiger partial charge in [0.2, 0.25) is 5.91 Å². The molecule has 1 heterocycles. The molecule has 1 aromatic carbocycles. The molecule has 186 valence electrons. The van der Waals surface area contributed by atoms with E-state index >= 15 is 0 Å². The molecule has 34 heavy (non-hydrogen) atoms. The molecule has 0 aliphatic heterocycles. The summed E-state index contributed by atoms with van der Waals surface area (Å²) in [6.07, 6.45) is 4.24. The molecule has 1 aliphatic rings. The number of carboxylic acid groups (broad SMARTS) is 2. The number of hydrogen-bond donors (Lipinski definition) is 4. The maximum atomic E-state index is 12.9. The minimum absolute atomic E-state index is 0.0353. The third kappa shape index (κ3) is 7.95. The molecular formula is C24H32N2O7S. The first kappa shape index (κ1) is 27.0. The Morgan fingerprint density at radius 3 is 2.26 bits per heavy atom. The predicted molar refractivity (Wildman–Crippen MR) is 130 cm³/mol. The lowest BCUT2D eigenvalue weighted by atomic mass is 9.89. The second-order valence-corrected chi connectivity index (χ2v) is 8.92. The first-order valence-electron chi connectivity index (χ1n) is 11.1. The van der Waals surface area contributed by atoms with E-state index in [-0.39, 0.29) is 17.7 Å². The molecule has 0 atom stereocenters. The van der Waals surface area contributed by atoms with Gasteiger partial charge in [-0.3, -0.25) is 9.59 Å². The largest absolute Gasteiger partial charge is 0.503 e. The Balaban J connectivity index is 0.000000945. The van der Waals surface area contributed by atoms with Gasteiger partial charge in [-0.05, 0) is 43.0 Å². The average molecular weight is 493 g/mol. The van der Waals surface area contributed by atoms with Crippen molar-refractivity contribution in [3.63, 3.8) is 0 Å². The van der Waals surface area contributed by atoms with Crippen molar-refractivity contribution in [1.29, 1.82) is 0 Å². The smallest absolute Gasteiger partial charge is 0.493 e. The number of methoxy groups -OCH3 is 2. The van der Waals surface area contributed by atoms with Crippen LogP contribution >= 0.6 is 11.3 Å². The minimum Gasteiger partial charge on any atom is -0.493 e. The van der Waals surface area contributed by atoms with E-state index in [1.165, 1.54) is 17.8 Å². The van der Waals surface area contributed by atoms with Gasteiger partial charge in [-0.25, -0.2) is 4.79 Å². The number of aryl methyl sites for hydroxylation is 1. The van der Waals surface area contributed by atoms with E-state index in [9.17, 15) is 9.59 Å². The Kier molecular flexibility index (Phi) is 10.7. The average Bonchev–Trinajstić information content (AvgIpc) is 3.25. The SMILES string of the molecule is CCc1cc(C(=O)NCc2ccc(OC)c(OC)c2)c(NC(=O)C2CCCCC2)s1.O=C(O)O. The van der Waals surface area contributed by atoms with E-state index < -0.39 is 6.16 Å². The fourth-order valence-electron chi connectivity index (χ4n) is 3.72. The number of hydrogen-bond acceptors (Lipinski definition) is 6. The van der Waals surface area contributed by atoms with Crippen LogP contribution in [0.15, 0.2) is 24.3 Å². The second-order valence-electron chi connectivity index (χ2n) is 7.79. The summed E-state index contributed by atoms with van der Waals surface area (Å²) in [5.41, 5.74) is 1.43. The lowest BCUT2D eigenvalue weighted by molar-refractivity contribution is -0.120. The number of nitrogens with one attached hydrogen (secondary N) is 2. The van der Waals surface area contributed by atoms with Crippen molar-refractivity contribution in [1.82, 2.24) is 5.32 Å². The van der Waals surface area contributed by atoms with Gasteiger partial charge in [-0.15, -0.1) is 11.3 Å². The lowest BCUT2D eigenvalue weighted by Crippen LogP contribution is -2.27. The molecule has 4 N–H and O–H groups in total. The van der Waals surface area contributed by atoms with Gasteiger partial charge in [0.15, 0.2) is 11.5 Å². The summed E-state index contributed by atoms with van der Waals surface area (Å²) in [5, 5.41) is 20.6. The Morgan fingerprint density at radius 2 is 1.68 bits per heavy atom. The van der Waals surface area contributed by atoms with Gasteiger partial charge in [0.05, 0.1) is 19.8 Å². The topological polar surface area (TPSA) is 134 Å². The predicted octanol–water partition coefficient (Wildman–Crippen LogP) is 5.00. The van der Waals surface area contributed by atoms with Crippen molar-refractivity contribution < 1.29 is 34.1 Å². The summed E-state index contributed by atoms with van der Waals surface area (Å²) in [6, 6.07) is 7.43. The number of thiophene rings is 1. The van der Waals surface area contributed by atoms with Crippen LogP contribution in [0.2, 0.25) is 0 Å². The van der Waals surface area contributed by atoms with Crippen molar-refractivity contribution in [2.24, 2.45) is 5.92 Å². The van der Waals surface area contributed by atoms with Gasteiger partial charge in [-0.1, -0.05) is 32.3 Å². The fraction of sp³-hybridized carbons (Fsp3) is 0.458. The van der Waals surface area contributed by atoms with E-state index in [2.05, 4.69) is 10.6 Å². The highest BCUT2D eigenvalue weighted by molar-refractivity contribution is 7.16. The molecule has 1 fully saturated rings. The van der Waals surface area contributed by atoms with E-state index in [0.29, 0.717) is 28.6 Å². The molecule has 0 bridgehead atoms. The third-order valence-electron chi connectivity index (χ3n) is 5.49. The van der Waals surface area contributed by atoms with E-state index in [0.717, 1.165) is 42.5 Å². The fourth-order valence-corrected chi connectivity index (χ4v) is 4.72. The standard InChI is InChI=1S/C23H30N2O4S.CH2O3/c1-4-17-13-18(23(30-17)25-21(26)16-8-6-5-7-9-16)22(27)24-14-15-10-11-19(28-2)20(12-15)29-3;2-1(3)4/h10-13,16H,4-9,14H2,1-3H3,(H,24,27)(H,25,26);(H2,2,3,4). The number of ether oxygens (including phenoxy) is 2. The highest BCUT2D eigenvalue weighted by Gasteiger charge is 2.24. The van der Waals surface area contributed by atoms with E-state index in [4.69, 9.17) is 24.5 Å². The summed E-state index contributed by atoms with van der Waals surface area (Å²) >= 11 is 1.48. The molecule has 1 aromatic heterocycles. The number of rotatable bonds is 8. The molecule has 2 amide bonds. The minimum atomic E-state index is -1.83. The Bertz CT molecular complexity index is 980. The van der Waals surface area contributed by atoms with Gasteiger partial charge in [-0.2, -0.15) is 0 Å². The molecule has 9 nitrogen and oxygen atoms in total. The zero-order valence-corrected chi connectivity index (χ0v) is 20.5. The highest BCUT2D eigenvalue weighted by atomic mass is 32.1. The van der Waals surface area contributed by atoms with Crippen LogP contribution in [0.4, 0.5) is 9.80 Å². The van der Waals surface area contributed by atoms with Crippen molar-refractivity contribution >= 4 is 34.3 Å². The summed E-state index contributed by atoms with van der Waals surface area (Å²) in [6.45, 7) is 2.40. The molecule has 3 rings (SSSR count). The third-order valence-corrected chi connectivity index (χ3v) is 6.68. The van der Waals surface area contributed by atoms with Crippen molar-refractivity contribution in [2.75, 3.05) is 19.5 Å². The van der Waals surface area contributed by atoms with Gasteiger partial charge in [0.25, 0.3) is 5.91 Å². The van der Waals surface area contributed by atoms with Crippen LogP contribution < -0.4 is 20.1 Å². The van der Waals surface area contributed by atoms with Gasteiger partial charge in [0, 0.05) is 17.3 Å². The Morgan fingerprint density at radius 1 is 1.03 bits per heavy atom. The van der Waals surface area contributed by atoms with Crippen LogP contribution in [-0.2, 0) is 17.8 Å². The number of benzene rings is 1. The molecule has 10 heteroatoms. The quantitative estimate of drug-likeness (QED) is 0.407. The zero-order valence-electron chi connectivity index (χ0n) is 19.7. The first-order chi connectivity index (χ1) is 16.3. The molecular weight excluding hydrogens is 460 g/mol. The summed E-state index contributed by atoms with van der Waals surface area (Å²) in [5.74, 6) is 1.15. The maximum absolute atomic E-state index is 12.9. The molecule has 2 aromatic rings. The van der Waals surface area contributed by atoms with Crippen LogP contribution in [-0.4, -0.2) is 42.4 Å². The van der Waals surface area contributed by atoms with Crippen molar-refractivity contribution in [3.8, 4) is 11.5 Å². The van der Waals surface area contributed by atoms with Crippen LogP contribution in [0.25, 0.3) is 0 Å².